The average Bonchev–Trinajstić information content (AvgIpc) is 2.99. The molecule has 0 unspecified atom stereocenters. The predicted molar refractivity (Wildman–Crippen MR) is 158 cm³/mol. The number of aromatic nitrogens is 1. The van der Waals surface area contributed by atoms with Crippen molar-refractivity contribution >= 4 is 21.8 Å². The molecule has 46 heavy (non-hydrogen) atoms. The predicted octanol–water partition coefficient (Wildman–Crippen LogP) is 4.98. The maximum absolute atomic E-state index is 15.1. The van der Waals surface area contributed by atoms with E-state index in [2.05, 4.69) is 15.6 Å². The molecule has 0 bridgehead atoms. The minimum atomic E-state index is -4.23. The molecule has 0 aliphatic carbocycles. The van der Waals surface area contributed by atoms with E-state index in [1.807, 2.05) is 0 Å². The van der Waals surface area contributed by atoms with E-state index in [1.165, 1.54) is 22.6 Å². The molecule has 248 valence electrons. The van der Waals surface area contributed by atoms with Crippen LogP contribution in [0.15, 0.2) is 54.9 Å². The van der Waals surface area contributed by atoms with Crippen molar-refractivity contribution < 1.29 is 39.6 Å². The Morgan fingerprint density at radius 3 is 2.41 bits per heavy atom. The molecule has 3 heterocycles. The normalized spacial score (nSPS) is 19.9. The summed E-state index contributed by atoms with van der Waals surface area (Å²) in [5.74, 6) is -7.68. The zero-order chi connectivity index (χ0) is 33.1. The van der Waals surface area contributed by atoms with Gasteiger partial charge in [0.2, 0.25) is 5.91 Å². The first kappa shape index (κ1) is 33.8. The first-order chi connectivity index (χ1) is 21.8. The number of halogens is 6. The Morgan fingerprint density at radius 2 is 1.72 bits per heavy atom. The number of nitrogens with zero attached hydrogens (tertiary/aromatic N) is 3. The zero-order valence-electron chi connectivity index (χ0n) is 24.7. The third-order valence-corrected chi connectivity index (χ3v) is 10.3. The second-order valence-corrected chi connectivity index (χ2v) is 13.4. The van der Waals surface area contributed by atoms with E-state index >= 15 is 4.39 Å². The van der Waals surface area contributed by atoms with Crippen LogP contribution < -0.4 is 10.6 Å². The van der Waals surface area contributed by atoms with Crippen molar-refractivity contribution in [3.8, 4) is 0 Å². The van der Waals surface area contributed by atoms with Crippen molar-refractivity contribution in [3.05, 3.63) is 94.8 Å². The second-order valence-electron chi connectivity index (χ2n) is 11.5. The summed E-state index contributed by atoms with van der Waals surface area (Å²) in [4.78, 5) is 17.1. The van der Waals surface area contributed by atoms with Crippen molar-refractivity contribution in [1.82, 2.24) is 18.9 Å². The summed E-state index contributed by atoms with van der Waals surface area (Å²) in [5.41, 5.74) is 0.610. The highest BCUT2D eigenvalue weighted by Gasteiger charge is 2.44. The van der Waals surface area contributed by atoms with Crippen LogP contribution in [-0.4, -0.2) is 72.6 Å². The molecule has 2 aliphatic rings. The van der Waals surface area contributed by atoms with E-state index in [1.54, 1.807) is 0 Å². The standard InChI is InChI=1S/C31H33F6N5O3S/c32-22-4-2-20(3-5-22)27(21-12-23(33)14-24(34)13-21)15-30(43)40-29-18-39-17-28(35)26(29)7-6-25-16-38-9-11-42(25)46(44,45)41-10-1-8-31(36,37)19-41/h2-5,12-14,17-18,25,27,38H,1,6-11,15-16,19H2,(H,40,43)/t25-,27-/m0/s1. The summed E-state index contributed by atoms with van der Waals surface area (Å²) in [6.07, 6.45) is 1.55. The first-order valence-electron chi connectivity index (χ1n) is 14.8. The largest absolute Gasteiger partial charge is 0.324 e. The summed E-state index contributed by atoms with van der Waals surface area (Å²) in [6, 6.07) is 7.26. The molecule has 1 amide bonds. The fourth-order valence-electron chi connectivity index (χ4n) is 5.99. The summed E-state index contributed by atoms with van der Waals surface area (Å²) in [6.45, 7) is -0.354. The lowest BCUT2D eigenvalue weighted by molar-refractivity contribution is -0.116. The summed E-state index contributed by atoms with van der Waals surface area (Å²) in [7, 11) is -4.23. The van der Waals surface area contributed by atoms with Crippen LogP contribution in [0.1, 0.15) is 48.3 Å². The highest BCUT2D eigenvalue weighted by atomic mass is 32.2. The number of hydrogen-bond donors (Lipinski definition) is 2. The van der Waals surface area contributed by atoms with E-state index in [-0.39, 0.29) is 68.6 Å². The first-order valence-corrected chi connectivity index (χ1v) is 16.2. The number of pyridine rings is 1. The third-order valence-electron chi connectivity index (χ3n) is 8.23. The molecule has 1 aromatic heterocycles. The van der Waals surface area contributed by atoms with Gasteiger partial charge in [0.05, 0.1) is 24.6 Å². The van der Waals surface area contributed by atoms with Gasteiger partial charge in [-0.1, -0.05) is 12.1 Å². The highest BCUT2D eigenvalue weighted by molar-refractivity contribution is 7.86. The average molecular weight is 670 g/mol. The van der Waals surface area contributed by atoms with Crippen LogP contribution in [0, 0.1) is 23.3 Å². The van der Waals surface area contributed by atoms with Crippen molar-refractivity contribution in [3.63, 3.8) is 0 Å². The van der Waals surface area contributed by atoms with E-state index in [0.717, 1.165) is 34.8 Å². The molecule has 0 radical (unpaired) electrons. The van der Waals surface area contributed by atoms with Crippen molar-refractivity contribution in [1.29, 1.82) is 0 Å². The molecule has 2 saturated heterocycles. The van der Waals surface area contributed by atoms with Gasteiger partial charge in [-0.2, -0.15) is 17.0 Å². The Hall–Kier alpha value is -3.53. The molecule has 3 aromatic rings. The number of rotatable bonds is 10. The fraction of sp³-hybridized carbons (Fsp3) is 0.419. The molecule has 0 saturated carbocycles. The van der Waals surface area contributed by atoms with Crippen LogP contribution in [-0.2, 0) is 21.4 Å². The number of amides is 1. The number of carbonyl (C=O) groups excluding carboxylic acids is 1. The van der Waals surface area contributed by atoms with Gasteiger partial charge in [-0.05, 0) is 54.7 Å². The SMILES string of the molecule is O=C(C[C@@H](c1ccc(F)cc1)c1cc(F)cc(F)c1)Nc1cncc(F)c1CC[C@H]1CNCCN1S(=O)(=O)N1CCCC(F)(F)C1. The molecular weight excluding hydrogens is 636 g/mol. The monoisotopic (exact) mass is 669 g/mol. The molecule has 2 atom stereocenters. The Labute approximate surface area is 263 Å². The van der Waals surface area contributed by atoms with Crippen LogP contribution in [0.25, 0.3) is 0 Å². The Bertz CT molecular complexity index is 1640. The minimum absolute atomic E-state index is 0.0159. The second kappa shape index (κ2) is 14.1. The summed E-state index contributed by atoms with van der Waals surface area (Å²) in [5, 5.41) is 5.70. The molecule has 2 aliphatic heterocycles. The Morgan fingerprint density at radius 1 is 1.00 bits per heavy atom. The molecule has 8 nitrogen and oxygen atoms in total. The summed E-state index contributed by atoms with van der Waals surface area (Å²) >= 11 is 0. The highest BCUT2D eigenvalue weighted by Crippen LogP contribution is 2.32. The lowest BCUT2D eigenvalue weighted by Gasteiger charge is -2.40. The van der Waals surface area contributed by atoms with Gasteiger partial charge in [-0.3, -0.25) is 9.78 Å². The van der Waals surface area contributed by atoms with Crippen LogP contribution in [0.4, 0.5) is 32.0 Å². The minimum Gasteiger partial charge on any atom is -0.324 e. The van der Waals surface area contributed by atoms with Crippen molar-refractivity contribution in [2.45, 2.75) is 50.0 Å². The van der Waals surface area contributed by atoms with Gasteiger partial charge in [0, 0.05) is 62.6 Å². The number of benzene rings is 2. The van der Waals surface area contributed by atoms with Crippen LogP contribution in [0.2, 0.25) is 0 Å². The quantitative estimate of drug-likeness (QED) is 0.297. The fourth-order valence-corrected chi connectivity index (χ4v) is 7.88. The van der Waals surface area contributed by atoms with Crippen molar-refractivity contribution in [2.75, 3.05) is 38.0 Å². The van der Waals surface area contributed by atoms with Crippen molar-refractivity contribution in [2.24, 2.45) is 0 Å². The van der Waals surface area contributed by atoms with Gasteiger partial charge in [0.1, 0.15) is 23.3 Å². The third kappa shape index (κ3) is 8.06. The van der Waals surface area contributed by atoms with Crippen LogP contribution >= 0.6 is 0 Å². The van der Waals surface area contributed by atoms with Gasteiger partial charge in [-0.25, -0.2) is 26.3 Å². The maximum atomic E-state index is 15.1. The van der Waals surface area contributed by atoms with Gasteiger partial charge in [0.25, 0.3) is 16.1 Å². The van der Waals surface area contributed by atoms with Gasteiger partial charge >= 0.3 is 0 Å². The van der Waals surface area contributed by atoms with E-state index in [9.17, 15) is 35.2 Å². The molecule has 0 spiro atoms. The van der Waals surface area contributed by atoms with Crippen LogP contribution in [0.5, 0.6) is 0 Å². The molecule has 15 heteroatoms. The number of piperidine rings is 1. The number of anilines is 1. The number of alkyl halides is 2. The van der Waals surface area contributed by atoms with Gasteiger partial charge < -0.3 is 10.6 Å². The number of carbonyl (C=O) groups is 1. The maximum Gasteiger partial charge on any atom is 0.282 e. The van der Waals surface area contributed by atoms with E-state index in [0.29, 0.717) is 18.2 Å². The Kier molecular flexibility index (Phi) is 10.3. The molecule has 2 aromatic carbocycles. The molecule has 2 N–H and O–H groups in total. The molecular formula is C31H33F6N5O3S. The number of hydrogen-bond acceptors (Lipinski definition) is 5. The Balaban J connectivity index is 1.33. The van der Waals surface area contributed by atoms with E-state index in [4.69, 9.17) is 0 Å². The van der Waals surface area contributed by atoms with Crippen LogP contribution in [0.3, 0.4) is 0 Å². The topological polar surface area (TPSA) is 94.6 Å². The van der Waals surface area contributed by atoms with Gasteiger partial charge in [0.15, 0.2) is 0 Å². The lowest BCUT2D eigenvalue weighted by atomic mass is 9.88. The van der Waals surface area contributed by atoms with Gasteiger partial charge in [-0.15, -0.1) is 0 Å². The lowest BCUT2D eigenvalue weighted by Crippen LogP contribution is -2.59. The summed E-state index contributed by atoms with van der Waals surface area (Å²) < 4.78 is 114. The molecule has 2 fully saturated rings. The smallest absolute Gasteiger partial charge is 0.282 e. The number of nitrogens with one attached hydrogen (secondary N) is 2. The number of piperazine rings is 1. The zero-order valence-corrected chi connectivity index (χ0v) is 25.5. The molecule has 5 rings (SSSR count). The van der Waals surface area contributed by atoms with E-state index < -0.39 is 63.8 Å².